The first-order valence-electron chi connectivity index (χ1n) is 6.54. The first-order valence-corrected chi connectivity index (χ1v) is 6.54. The number of nitrogens with two attached hydrogens (primary N) is 1. The Balaban J connectivity index is 2.68. The summed E-state index contributed by atoms with van der Waals surface area (Å²) < 4.78 is 40.5. The molecule has 0 fully saturated rings. The zero-order chi connectivity index (χ0) is 15.1. The maximum Gasteiger partial charge on any atom is 0.449 e. The molecular formula is C14H18F3N3. The van der Waals surface area contributed by atoms with Crippen LogP contribution in [0.15, 0.2) is 12.1 Å². The van der Waals surface area contributed by atoms with Crippen molar-refractivity contribution >= 4 is 11.0 Å². The molecule has 3 nitrogen and oxygen atoms in total. The van der Waals surface area contributed by atoms with Crippen molar-refractivity contribution in [2.45, 2.75) is 46.0 Å². The highest BCUT2D eigenvalue weighted by Crippen LogP contribution is 2.32. The van der Waals surface area contributed by atoms with E-state index in [0.29, 0.717) is 17.5 Å². The molecule has 0 bridgehead atoms. The van der Waals surface area contributed by atoms with E-state index in [1.807, 2.05) is 20.8 Å². The Morgan fingerprint density at radius 2 is 1.85 bits per heavy atom. The van der Waals surface area contributed by atoms with Gasteiger partial charge in [0, 0.05) is 12.6 Å². The minimum Gasteiger partial charge on any atom is -0.326 e. The van der Waals surface area contributed by atoms with Crippen molar-refractivity contribution in [1.82, 2.24) is 9.55 Å². The van der Waals surface area contributed by atoms with Gasteiger partial charge in [-0.15, -0.1) is 0 Å². The number of halogens is 3. The summed E-state index contributed by atoms with van der Waals surface area (Å²) in [6.45, 7) is 5.70. The van der Waals surface area contributed by atoms with E-state index in [4.69, 9.17) is 5.73 Å². The van der Waals surface area contributed by atoms with Crippen LogP contribution in [-0.4, -0.2) is 15.6 Å². The van der Waals surface area contributed by atoms with Gasteiger partial charge in [0.05, 0.1) is 11.0 Å². The molecule has 0 aliphatic heterocycles. The molecule has 2 N–H and O–H groups in total. The Morgan fingerprint density at radius 3 is 2.40 bits per heavy atom. The minimum atomic E-state index is -4.48. The molecule has 1 aromatic heterocycles. The third-order valence-electron chi connectivity index (χ3n) is 3.56. The van der Waals surface area contributed by atoms with Crippen LogP contribution in [0.1, 0.15) is 30.3 Å². The number of aromatic nitrogens is 2. The van der Waals surface area contributed by atoms with Crippen LogP contribution in [0.5, 0.6) is 0 Å². The van der Waals surface area contributed by atoms with Crippen LogP contribution >= 0.6 is 0 Å². The standard InChI is InChI=1S/C14H18F3N3/c1-4-10(18)7-20-12-6-9(3)8(2)5-11(12)19-13(20)14(15,16)17/h5-6,10H,4,7,18H2,1-3H3. The summed E-state index contributed by atoms with van der Waals surface area (Å²) in [7, 11) is 0. The molecule has 110 valence electrons. The normalized spacial score (nSPS) is 13.9. The summed E-state index contributed by atoms with van der Waals surface area (Å²) in [5, 5.41) is 0. The fourth-order valence-electron chi connectivity index (χ4n) is 2.14. The quantitative estimate of drug-likeness (QED) is 0.939. The Kier molecular flexibility index (Phi) is 3.77. The molecule has 6 heteroatoms. The van der Waals surface area contributed by atoms with Crippen molar-refractivity contribution < 1.29 is 13.2 Å². The Hall–Kier alpha value is -1.56. The number of hydrogen-bond donors (Lipinski definition) is 1. The Labute approximate surface area is 115 Å². The third kappa shape index (κ3) is 2.65. The lowest BCUT2D eigenvalue weighted by Crippen LogP contribution is -2.28. The summed E-state index contributed by atoms with van der Waals surface area (Å²) in [6.07, 6.45) is -3.86. The van der Waals surface area contributed by atoms with E-state index in [-0.39, 0.29) is 12.6 Å². The third-order valence-corrected chi connectivity index (χ3v) is 3.56. The SMILES string of the molecule is CCC(N)Cn1c(C(F)(F)F)nc2cc(C)c(C)cc21. The Bertz CT molecular complexity index is 629. The minimum absolute atomic E-state index is 0.115. The van der Waals surface area contributed by atoms with E-state index in [0.717, 1.165) is 11.1 Å². The van der Waals surface area contributed by atoms with Gasteiger partial charge >= 0.3 is 6.18 Å². The van der Waals surface area contributed by atoms with Crippen LogP contribution < -0.4 is 5.73 Å². The van der Waals surface area contributed by atoms with Gasteiger partial charge < -0.3 is 10.3 Å². The molecule has 20 heavy (non-hydrogen) atoms. The molecule has 0 saturated carbocycles. The Morgan fingerprint density at radius 1 is 1.25 bits per heavy atom. The molecule has 2 aromatic rings. The zero-order valence-corrected chi connectivity index (χ0v) is 11.8. The number of benzene rings is 1. The topological polar surface area (TPSA) is 43.8 Å². The second-order valence-corrected chi connectivity index (χ2v) is 5.14. The molecule has 1 atom stereocenters. The van der Waals surface area contributed by atoms with Crippen LogP contribution in [-0.2, 0) is 12.7 Å². The number of rotatable bonds is 3. The lowest BCUT2D eigenvalue weighted by molar-refractivity contribution is -0.147. The second kappa shape index (κ2) is 5.09. The molecule has 1 unspecified atom stereocenters. The summed E-state index contributed by atoms with van der Waals surface area (Å²) in [5.74, 6) is -0.874. The summed E-state index contributed by atoms with van der Waals surface area (Å²) in [4.78, 5) is 3.76. The predicted octanol–water partition coefficient (Wildman–Crippen LogP) is 3.41. The first-order chi connectivity index (χ1) is 9.24. The molecule has 1 aromatic carbocycles. The van der Waals surface area contributed by atoms with E-state index >= 15 is 0 Å². The van der Waals surface area contributed by atoms with Gasteiger partial charge in [-0.25, -0.2) is 4.98 Å². The van der Waals surface area contributed by atoms with Crippen LogP contribution in [0.2, 0.25) is 0 Å². The number of fused-ring (bicyclic) bond motifs is 1. The van der Waals surface area contributed by atoms with Crippen LogP contribution in [0, 0.1) is 13.8 Å². The van der Waals surface area contributed by atoms with Gasteiger partial charge in [-0.2, -0.15) is 13.2 Å². The number of aryl methyl sites for hydroxylation is 2. The average molecular weight is 285 g/mol. The molecule has 0 spiro atoms. The summed E-state index contributed by atoms with van der Waals surface area (Å²) in [6, 6.07) is 3.11. The van der Waals surface area contributed by atoms with Crippen molar-refractivity contribution in [2.24, 2.45) is 5.73 Å². The zero-order valence-electron chi connectivity index (χ0n) is 11.8. The molecule has 0 aliphatic carbocycles. The van der Waals surface area contributed by atoms with Crippen molar-refractivity contribution in [3.8, 4) is 0 Å². The van der Waals surface area contributed by atoms with E-state index in [2.05, 4.69) is 4.98 Å². The lowest BCUT2D eigenvalue weighted by atomic mass is 10.1. The molecule has 0 amide bonds. The highest BCUT2D eigenvalue weighted by molar-refractivity contribution is 5.78. The van der Waals surface area contributed by atoms with Crippen molar-refractivity contribution in [3.05, 3.63) is 29.1 Å². The lowest BCUT2D eigenvalue weighted by Gasteiger charge is -2.15. The van der Waals surface area contributed by atoms with Crippen molar-refractivity contribution in [3.63, 3.8) is 0 Å². The molecule has 0 saturated heterocycles. The van der Waals surface area contributed by atoms with Crippen molar-refractivity contribution in [2.75, 3.05) is 0 Å². The monoisotopic (exact) mass is 285 g/mol. The molecule has 0 aliphatic rings. The predicted molar refractivity (Wildman–Crippen MR) is 72.5 cm³/mol. The van der Waals surface area contributed by atoms with Gasteiger partial charge in [0.2, 0.25) is 5.82 Å². The van der Waals surface area contributed by atoms with Crippen molar-refractivity contribution in [1.29, 1.82) is 0 Å². The molecule has 0 radical (unpaired) electrons. The molecule has 1 heterocycles. The fourth-order valence-corrected chi connectivity index (χ4v) is 2.14. The number of imidazole rings is 1. The highest BCUT2D eigenvalue weighted by Gasteiger charge is 2.37. The summed E-state index contributed by atoms with van der Waals surface area (Å²) in [5.41, 5.74) is 8.54. The van der Waals surface area contributed by atoms with Gasteiger partial charge in [0.25, 0.3) is 0 Å². The average Bonchev–Trinajstić information content (AvgIpc) is 2.68. The van der Waals surface area contributed by atoms with Crippen LogP contribution in [0.4, 0.5) is 13.2 Å². The number of hydrogen-bond acceptors (Lipinski definition) is 2. The van der Waals surface area contributed by atoms with Gasteiger partial charge in [-0.1, -0.05) is 6.92 Å². The maximum atomic E-state index is 13.1. The van der Waals surface area contributed by atoms with E-state index in [9.17, 15) is 13.2 Å². The van der Waals surface area contributed by atoms with Gasteiger partial charge in [-0.05, 0) is 43.5 Å². The highest BCUT2D eigenvalue weighted by atomic mass is 19.4. The molecular weight excluding hydrogens is 267 g/mol. The largest absolute Gasteiger partial charge is 0.449 e. The number of alkyl halides is 3. The van der Waals surface area contributed by atoms with Gasteiger partial charge in [0.15, 0.2) is 0 Å². The second-order valence-electron chi connectivity index (χ2n) is 5.14. The number of nitrogens with zero attached hydrogens (tertiary/aromatic N) is 2. The smallest absolute Gasteiger partial charge is 0.326 e. The van der Waals surface area contributed by atoms with E-state index in [1.165, 1.54) is 4.57 Å². The maximum absolute atomic E-state index is 13.1. The molecule has 2 rings (SSSR count). The van der Waals surface area contributed by atoms with Crippen LogP contribution in [0.25, 0.3) is 11.0 Å². The fraction of sp³-hybridized carbons (Fsp3) is 0.500. The first kappa shape index (κ1) is 14.8. The summed E-state index contributed by atoms with van der Waals surface area (Å²) >= 11 is 0. The van der Waals surface area contributed by atoms with E-state index in [1.54, 1.807) is 12.1 Å². The van der Waals surface area contributed by atoms with Gasteiger partial charge in [0.1, 0.15) is 0 Å². The van der Waals surface area contributed by atoms with E-state index < -0.39 is 12.0 Å². The van der Waals surface area contributed by atoms with Crippen LogP contribution in [0.3, 0.4) is 0 Å². The van der Waals surface area contributed by atoms with Gasteiger partial charge in [-0.3, -0.25) is 0 Å².